The van der Waals surface area contributed by atoms with E-state index in [4.69, 9.17) is 0 Å². The van der Waals surface area contributed by atoms with Crippen LogP contribution in [-0.4, -0.2) is 41.2 Å². The third kappa shape index (κ3) is 3.93. The highest BCUT2D eigenvalue weighted by Crippen LogP contribution is 2.27. The van der Waals surface area contributed by atoms with Gasteiger partial charge in [-0.25, -0.2) is 4.39 Å². The van der Waals surface area contributed by atoms with Crippen molar-refractivity contribution in [2.75, 3.05) is 31.1 Å². The molecule has 1 saturated heterocycles. The summed E-state index contributed by atoms with van der Waals surface area (Å²) in [5.74, 6) is 0.123. The van der Waals surface area contributed by atoms with Gasteiger partial charge in [0.25, 0.3) is 0 Å². The van der Waals surface area contributed by atoms with Crippen molar-refractivity contribution in [1.29, 1.82) is 0 Å². The first-order valence-corrected chi connectivity index (χ1v) is 9.16. The van der Waals surface area contributed by atoms with Crippen molar-refractivity contribution in [2.24, 2.45) is 0 Å². The van der Waals surface area contributed by atoms with E-state index in [9.17, 15) is 9.50 Å². The number of phenolic OH excluding ortho intramolecular Hbond substituents is 1. The van der Waals surface area contributed by atoms with E-state index in [-0.39, 0.29) is 5.82 Å². The van der Waals surface area contributed by atoms with Gasteiger partial charge < -0.3 is 10.0 Å². The first-order valence-electron chi connectivity index (χ1n) is 9.16. The Morgan fingerprint density at radius 3 is 2.44 bits per heavy atom. The summed E-state index contributed by atoms with van der Waals surface area (Å²) < 4.78 is 14.0. The van der Waals surface area contributed by atoms with E-state index in [0.29, 0.717) is 18.0 Å². The van der Waals surface area contributed by atoms with Gasteiger partial charge in [-0.1, -0.05) is 18.2 Å². The molecule has 1 aromatic heterocycles. The summed E-state index contributed by atoms with van der Waals surface area (Å²) in [4.78, 5) is 8.75. The Morgan fingerprint density at radius 2 is 1.70 bits per heavy atom. The number of halogens is 1. The van der Waals surface area contributed by atoms with Gasteiger partial charge in [-0.15, -0.1) is 0 Å². The highest BCUT2D eigenvalue weighted by molar-refractivity contribution is 5.61. The van der Waals surface area contributed by atoms with Gasteiger partial charge in [0.2, 0.25) is 0 Å². The SMILES string of the molecule is Oc1ccc(-c2ccccn2)cc1CN1CCN(c2ccccc2F)CC1. The first-order chi connectivity index (χ1) is 13.2. The average molecular weight is 363 g/mol. The van der Waals surface area contributed by atoms with Crippen molar-refractivity contribution in [3.05, 3.63) is 78.2 Å². The molecule has 0 amide bonds. The summed E-state index contributed by atoms with van der Waals surface area (Å²) in [5, 5.41) is 10.3. The van der Waals surface area contributed by atoms with Crippen molar-refractivity contribution in [1.82, 2.24) is 9.88 Å². The summed E-state index contributed by atoms with van der Waals surface area (Å²) >= 11 is 0. The van der Waals surface area contributed by atoms with E-state index < -0.39 is 0 Å². The molecule has 0 radical (unpaired) electrons. The lowest BCUT2D eigenvalue weighted by molar-refractivity contribution is 0.246. The van der Waals surface area contributed by atoms with Gasteiger partial charge >= 0.3 is 0 Å². The normalized spacial score (nSPS) is 15.1. The van der Waals surface area contributed by atoms with Crippen LogP contribution in [0.5, 0.6) is 5.75 Å². The Labute approximate surface area is 158 Å². The fraction of sp³-hybridized carbons (Fsp3) is 0.227. The lowest BCUT2D eigenvalue weighted by Crippen LogP contribution is -2.46. The van der Waals surface area contributed by atoms with E-state index in [2.05, 4.69) is 14.8 Å². The second-order valence-electron chi connectivity index (χ2n) is 6.77. The number of hydrogen-bond acceptors (Lipinski definition) is 4. The average Bonchev–Trinajstić information content (AvgIpc) is 2.71. The molecule has 4 rings (SSSR count). The Balaban J connectivity index is 1.44. The van der Waals surface area contributed by atoms with Crippen molar-refractivity contribution in [2.45, 2.75) is 6.54 Å². The molecule has 0 saturated carbocycles. The molecule has 5 heteroatoms. The zero-order chi connectivity index (χ0) is 18.6. The number of piperazine rings is 1. The van der Waals surface area contributed by atoms with Crippen molar-refractivity contribution >= 4 is 5.69 Å². The number of nitrogens with zero attached hydrogens (tertiary/aromatic N) is 3. The Kier molecular flexibility index (Phi) is 5.03. The van der Waals surface area contributed by atoms with Crippen molar-refractivity contribution in [3.63, 3.8) is 0 Å². The van der Waals surface area contributed by atoms with E-state index in [1.165, 1.54) is 6.07 Å². The standard InChI is InChI=1S/C22H22FN3O/c23-19-5-1-2-7-21(19)26-13-11-25(12-14-26)16-18-15-17(8-9-22(18)27)20-6-3-4-10-24-20/h1-10,15,27H,11-14,16H2. The molecular weight excluding hydrogens is 341 g/mol. The number of anilines is 1. The minimum absolute atomic E-state index is 0.174. The number of hydrogen-bond donors (Lipinski definition) is 1. The Morgan fingerprint density at radius 1 is 0.926 bits per heavy atom. The molecule has 4 nitrogen and oxygen atoms in total. The van der Waals surface area contributed by atoms with E-state index in [1.807, 2.05) is 42.5 Å². The maximum Gasteiger partial charge on any atom is 0.146 e. The zero-order valence-corrected chi connectivity index (χ0v) is 15.1. The Bertz CT molecular complexity index is 908. The molecule has 1 aliphatic rings. The summed E-state index contributed by atoms with van der Waals surface area (Å²) in [6, 6.07) is 18.3. The molecule has 3 aromatic rings. The van der Waals surface area contributed by atoms with Crippen LogP contribution in [0.25, 0.3) is 11.3 Å². The number of rotatable bonds is 4. The number of pyridine rings is 1. The van der Waals surface area contributed by atoms with Crippen molar-refractivity contribution < 1.29 is 9.50 Å². The minimum atomic E-state index is -0.174. The number of aromatic hydroxyl groups is 1. The maximum atomic E-state index is 14.0. The molecule has 138 valence electrons. The maximum absolute atomic E-state index is 14.0. The molecule has 27 heavy (non-hydrogen) atoms. The second kappa shape index (κ2) is 7.76. The largest absolute Gasteiger partial charge is 0.508 e. The quantitative estimate of drug-likeness (QED) is 0.763. The molecule has 1 N–H and O–H groups in total. The molecule has 0 spiro atoms. The van der Waals surface area contributed by atoms with Crippen molar-refractivity contribution in [3.8, 4) is 17.0 Å². The van der Waals surface area contributed by atoms with Crippen LogP contribution in [0, 0.1) is 5.82 Å². The van der Waals surface area contributed by atoms with E-state index in [0.717, 1.165) is 43.0 Å². The summed E-state index contributed by atoms with van der Waals surface area (Å²) in [6.07, 6.45) is 1.77. The molecule has 0 bridgehead atoms. The highest BCUT2D eigenvalue weighted by atomic mass is 19.1. The number of aromatic nitrogens is 1. The lowest BCUT2D eigenvalue weighted by atomic mass is 10.1. The van der Waals surface area contributed by atoms with Crippen LogP contribution in [0.3, 0.4) is 0 Å². The van der Waals surface area contributed by atoms with Gasteiger partial charge in [0.1, 0.15) is 11.6 Å². The Hall–Kier alpha value is -2.92. The molecule has 1 aliphatic heterocycles. The van der Waals surface area contributed by atoms with Gasteiger partial charge in [0.15, 0.2) is 0 Å². The lowest BCUT2D eigenvalue weighted by Gasteiger charge is -2.36. The monoisotopic (exact) mass is 363 g/mol. The van der Waals surface area contributed by atoms with Crippen LogP contribution >= 0.6 is 0 Å². The van der Waals surface area contributed by atoms with Crippen LogP contribution in [0.4, 0.5) is 10.1 Å². The minimum Gasteiger partial charge on any atom is -0.508 e. The van der Waals surface area contributed by atoms with Gasteiger partial charge in [0, 0.05) is 50.0 Å². The predicted octanol–water partition coefficient (Wildman–Crippen LogP) is 3.92. The highest BCUT2D eigenvalue weighted by Gasteiger charge is 2.20. The van der Waals surface area contributed by atoms with Crippen LogP contribution in [0.2, 0.25) is 0 Å². The molecule has 0 atom stereocenters. The third-order valence-electron chi connectivity index (χ3n) is 5.00. The van der Waals surface area contributed by atoms with Crippen LogP contribution in [0.1, 0.15) is 5.56 Å². The summed E-state index contributed by atoms with van der Waals surface area (Å²) in [6.45, 7) is 3.84. The fourth-order valence-corrected chi connectivity index (χ4v) is 3.50. The summed E-state index contributed by atoms with van der Waals surface area (Å²) in [7, 11) is 0. The topological polar surface area (TPSA) is 39.6 Å². The molecule has 2 heterocycles. The van der Waals surface area contributed by atoms with Gasteiger partial charge in [-0.3, -0.25) is 9.88 Å². The van der Waals surface area contributed by atoms with Gasteiger partial charge in [-0.05, 0) is 42.5 Å². The van der Waals surface area contributed by atoms with Gasteiger partial charge in [0.05, 0.1) is 11.4 Å². The van der Waals surface area contributed by atoms with Gasteiger partial charge in [-0.2, -0.15) is 0 Å². The van der Waals surface area contributed by atoms with Crippen LogP contribution < -0.4 is 4.90 Å². The molecule has 0 aliphatic carbocycles. The molecule has 1 fully saturated rings. The zero-order valence-electron chi connectivity index (χ0n) is 15.1. The smallest absolute Gasteiger partial charge is 0.146 e. The van der Waals surface area contributed by atoms with E-state index in [1.54, 1.807) is 18.3 Å². The molecular formula is C22H22FN3O. The van der Waals surface area contributed by atoms with E-state index >= 15 is 0 Å². The molecule has 0 unspecified atom stereocenters. The number of benzene rings is 2. The van der Waals surface area contributed by atoms with Crippen LogP contribution in [-0.2, 0) is 6.54 Å². The third-order valence-corrected chi connectivity index (χ3v) is 5.00. The number of phenols is 1. The fourth-order valence-electron chi connectivity index (χ4n) is 3.50. The predicted molar refractivity (Wildman–Crippen MR) is 105 cm³/mol. The first kappa shape index (κ1) is 17.5. The van der Waals surface area contributed by atoms with Crippen LogP contribution in [0.15, 0.2) is 66.9 Å². The summed E-state index contributed by atoms with van der Waals surface area (Å²) in [5.41, 5.74) is 3.44. The number of para-hydroxylation sites is 1. The second-order valence-corrected chi connectivity index (χ2v) is 6.77. The molecule has 2 aromatic carbocycles.